The largest absolute Gasteiger partial charge is 0.495 e. The Morgan fingerprint density at radius 1 is 1.03 bits per heavy atom. The molecule has 0 unspecified atom stereocenters. The number of benzene rings is 3. The average molecular weight is 459 g/mol. The van der Waals surface area contributed by atoms with Crippen LogP contribution < -0.4 is 10.1 Å². The third kappa shape index (κ3) is 5.85. The standard InChI is InChI=1S/C23H23ClN2O4S/c1-17-8-11-20(12-9-17)31(28,29)26(15-18-6-4-3-5-7-18)16-23(27)25-19-10-13-22(30-2)21(24)14-19/h3-14H,15-16H2,1-2H3,(H,25,27). The number of aryl methyl sites for hydroxylation is 1. The Morgan fingerprint density at radius 3 is 2.32 bits per heavy atom. The molecule has 0 aliphatic carbocycles. The van der Waals surface area contributed by atoms with Crippen LogP contribution >= 0.6 is 11.6 Å². The molecular weight excluding hydrogens is 436 g/mol. The molecule has 0 spiro atoms. The summed E-state index contributed by atoms with van der Waals surface area (Å²) in [6.45, 7) is 1.59. The first kappa shape index (κ1) is 22.8. The molecule has 3 rings (SSSR count). The number of hydrogen-bond acceptors (Lipinski definition) is 4. The number of carbonyl (C=O) groups excluding carboxylic acids is 1. The number of amides is 1. The fourth-order valence-electron chi connectivity index (χ4n) is 2.98. The van der Waals surface area contributed by atoms with Crippen molar-refractivity contribution in [1.29, 1.82) is 0 Å². The van der Waals surface area contributed by atoms with Crippen LogP contribution in [-0.4, -0.2) is 32.3 Å². The van der Waals surface area contributed by atoms with Crippen molar-refractivity contribution < 1.29 is 17.9 Å². The van der Waals surface area contributed by atoms with E-state index in [0.29, 0.717) is 16.5 Å². The van der Waals surface area contributed by atoms with Crippen molar-refractivity contribution in [2.24, 2.45) is 0 Å². The summed E-state index contributed by atoms with van der Waals surface area (Å²) in [7, 11) is -2.40. The second kappa shape index (κ2) is 9.96. The van der Waals surface area contributed by atoms with Crippen LogP contribution in [0.25, 0.3) is 0 Å². The fourth-order valence-corrected chi connectivity index (χ4v) is 4.62. The maximum absolute atomic E-state index is 13.3. The van der Waals surface area contributed by atoms with Crippen LogP contribution in [-0.2, 0) is 21.4 Å². The third-order valence-electron chi connectivity index (χ3n) is 4.62. The molecule has 0 fully saturated rings. The number of carbonyl (C=O) groups is 1. The minimum absolute atomic E-state index is 0.0633. The number of sulfonamides is 1. The Kier molecular flexibility index (Phi) is 7.33. The predicted octanol–water partition coefficient (Wildman–Crippen LogP) is 4.49. The first-order chi connectivity index (χ1) is 14.8. The Balaban J connectivity index is 1.84. The van der Waals surface area contributed by atoms with Crippen molar-refractivity contribution in [3.8, 4) is 5.75 Å². The molecule has 0 radical (unpaired) electrons. The first-order valence-electron chi connectivity index (χ1n) is 9.54. The van der Waals surface area contributed by atoms with Gasteiger partial charge in [0.25, 0.3) is 0 Å². The second-order valence-electron chi connectivity index (χ2n) is 6.97. The summed E-state index contributed by atoms with van der Waals surface area (Å²) >= 11 is 6.11. The lowest BCUT2D eigenvalue weighted by atomic mass is 10.2. The molecule has 0 bridgehead atoms. The minimum atomic E-state index is -3.90. The lowest BCUT2D eigenvalue weighted by Crippen LogP contribution is -2.37. The molecule has 31 heavy (non-hydrogen) atoms. The molecule has 1 N–H and O–H groups in total. The van der Waals surface area contributed by atoms with Gasteiger partial charge in [-0.2, -0.15) is 4.31 Å². The van der Waals surface area contributed by atoms with Gasteiger partial charge in [0.1, 0.15) is 5.75 Å². The average Bonchev–Trinajstić information content (AvgIpc) is 2.74. The van der Waals surface area contributed by atoms with Gasteiger partial charge in [0.15, 0.2) is 0 Å². The van der Waals surface area contributed by atoms with Crippen LogP contribution in [0.1, 0.15) is 11.1 Å². The van der Waals surface area contributed by atoms with Gasteiger partial charge in [-0.05, 0) is 42.8 Å². The maximum Gasteiger partial charge on any atom is 0.243 e. The summed E-state index contributed by atoms with van der Waals surface area (Å²) in [5.74, 6) is 0.000157. The molecule has 0 aliphatic rings. The van der Waals surface area contributed by atoms with Crippen LogP contribution in [0.5, 0.6) is 5.75 Å². The highest BCUT2D eigenvalue weighted by atomic mass is 35.5. The number of rotatable bonds is 8. The van der Waals surface area contributed by atoms with Crippen molar-refractivity contribution in [2.75, 3.05) is 19.0 Å². The lowest BCUT2D eigenvalue weighted by molar-refractivity contribution is -0.116. The van der Waals surface area contributed by atoms with Gasteiger partial charge in [-0.15, -0.1) is 0 Å². The third-order valence-corrected chi connectivity index (χ3v) is 6.72. The van der Waals surface area contributed by atoms with Gasteiger partial charge >= 0.3 is 0 Å². The SMILES string of the molecule is COc1ccc(NC(=O)CN(Cc2ccccc2)S(=O)(=O)c2ccc(C)cc2)cc1Cl. The van der Waals surface area contributed by atoms with Gasteiger partial charge in [-0.1, -0.05) is 59.6 Å². The van der Waals surface area contributed by atoms with Crippen molar-refractivity contribution in [1.82, 2.24) is 4.31 Å². The smallest absolute Gasteiger partial charge is 0.243 e. The molecule has 0 saturated heterocycles. The topological polar surface area (TPSA) is 75.7 Å². The molecule has 0 atom stereocenters. The quantitative estimate of drug-likeness (QED) is 0.539. The van der Waals surface area contributed by atoms with E-state index in [1.165, 1.54) is 7.11 Å². The predicted molar refractivity (Wildman–Crippen MR) is 122 cm³/mol. The van der Waals surface area contributed by atoms with E-state index in [1.54, 1.807) is 42.5 Å². The van der Waals surface area contributed by atoms with E-state index in [0.717, 1.165) is 15.4 Å². The van der Waals surface area contributed by atoms with E-state index in [9.17, 15) is 13.2 Å². The molecular formula is C23H23ClN2O4S. The number of methoxy groups -OCH3 is 1. The van der Waals surface area contributed by atoms with E-state index in [1.807, 2.05) is 37.3 Å². The van der Waals surface area contributed by atoms with Crippen LogP contribution in [0.3, 0.4) is 0 Å². The van der Waals surface area contributed by atoms with Crippen LogP contribution in [0.15, 0.2) is 77.7 Å². The molecule has 1 amide bonds. The monoisotopic (exact) mass is 458 g/mol. The van der Waals surface area contributed by atoms with Gasteiger partial charge in [-0.3, -0.25) is 4.79 Å². The van der Waals surface area contributed by atoms with Crippen molar-refractivity contribution in [3.05, 3.63) is 88.9 Å². The minimum Gasteiger partial charge on any atom is -0.495 e. The molecule has 0 aromatic heterocycles. The summed E-state index contributed by atoms with van der Waals surface area (Å²) in [6.07, 6.45) is 0. The zero-order chi connectivity index (χ0) is 22.4. The summed E-state index contributed by atoms with van der Waals surface area (Å²) in [5.41, 5.74) is 2.17. The number of halogens is 1. The Labute approximate surface area is 187 Å². The molecule has 3 aromatic rings. The van der Waals surface area contributed by atoms with E-state index in [4.69, 9.17) is 16.3 Å². The number of nitrogens with zero attached hydrogens (tertiary/aromatic N) is 1. The van der Waals surface area contributed by atoms with Crippen LogP contribution in [0.2, 0.25) is 5.02 Å². The number of hydrogen-bond donors (Lipinski definition) is 1. The molecule has 162 valence electrons. The van der Waals surface area contributed by atoms with E-state index < -0.39 is 15.9 Å². The van der Waals surface area contributed by atoms with Gasteiger partial charge < -0.3 is 10.1 Å². The highest BCUT2D eigenvalue weighted by Crippen LogP contribution is 2.27. The Bertz CT molecular complexity index is 1150. The molecule has 0 aliphatic heterocycles. The van der Waals surface area contributed by atoms with Crippen molar-refractivity contribution in [2.45, 2.75) is 18.4 Å². The maximum atomic E-state index is 13.3. The van der Waals surface area contributed by atoms with E-state index in [-0.39, 0.29) is 18.0 Å². The summed E-state index contributed by atoms with van der Waals surface area (Å²) in [5, 5.41) is 3.04. The van der Waals surface area contributed by atoms with Gasteiger partial charge in [-0.25, -0.2) is 8.42 Å². The van der Waals surface area contributed by atoms with Crippen molar-refractivity contribution in [3.63, 3.8) is 0 Å². The molecule has 0 saturated carbocycles. The number of nitrogens with one attached hydrogen (secondary N) is 1. The van der Waals surface area contributed by atoms with Crippen LogP contribution in [0, 0.1) is 6.92 Å². The molecule has 3 aromatic carbocycles. The second-order valence-corrected chi connectivity index (χ2v) is 9.31. The fraction of sp³-hybridized carbons (Fsp3) is 0.174. The zero-order valence-electron chi connectivity index (χ0n) is 17.2. The summed E-state index contributed by atoms with van der Waals surface area (Å²) in [4.78, 5) is 12.9. The number of ether oxygens (including phenoxy) is 1. The van der Waals surface area contributed by atoms with Gasteiger partial charge in [0, 0.05) is 12.2 Å². The molecule has 6 nitrogen and oxygen atoms in total. The van der Waals surface area contributed by atoms with E-state index in [2.05, 4.69) is 5.32 Å². The first-order valence-corrected chi connectivity index (χ1v) is 11.4. The Morgan fingerprint density at radius 2 is 1.71 bits per heavy atom. The van der Waals surface area contributed by atoms with Crippen LogP contribution in [0.4, 0.5) is 5.69 Å². The van der Waals surface area contributed by atoms with E-state index >= 15 is 0 Å². The van der Waals surface area contributed by atoms with Gasteiger partial charge in [0.2, 0.25) is 15.9 Å². The summed E-state index contributed by atoms with van der Waals surface area (Å²) < 4.78 is 32.8. The lowest BCUT2D eigenvalue weighted by Gasteiger charge is -2.22. The van der Waals surface area contributed by atoms with Crippen molar-refractivity contribution >= 4 is 33.2 Å². The summed E-state index contributed by atoms with van der Waals surface area (Å²) in [6, 6.07) is 20.5. The normalized spacial score (nSPS) is 11.4. The zero-order valence-corrected chi connectivity index (χ0v) is 18.8. The number of anilines is 1. The highest BCUT2D eigenvalue weighted by molar-refractivity contribution is 7.89. The molecule has 0 heterocycles. The highest BCUT2D eigenvalue weighted by Gasteiger charge is 2.27. The molecule has 8 heteroatoms. The Hall–Kier alpha value is -2.87. The van der Waals surface area contributed by atoms with Gasteiger partial charge in [0.05, 0.1) is 23.6 Å².